The molecule has 1 rings (SSSR count). The molecule has 3 nitrogen and oxygen atoms in total. The molecule has 1 aliphatic rings. The summed E-state index contributed by atoms with van der Waals surface area (Å²) in [5.74, 6) is -0.0928. The van der Waals surface area contributed by atoms with Gasteiger partial charge in [-0.1, -0.05) is 25.7 Å². The number of carbonyl (C=O) groups is 1. The predicted octanol–water partition coefficient (Wildman–Crippen LogP) is 2.41. The van der Waals surface area contributed by atoms with Crippen molar-refractivity contribution < 1.29 is 9.90 Å². The monoisotopic (exact) mass is 213 g/mol. The summed E-state index contributed by atoms with van der Waals surface area (Å²) >= 11 is 0. The van der Waals surface area contributed by atoms with Crippen molar-refractivity contribution in [2.24, 2.45) is 5.92 Å². The fourth-order valence-electron chi connectivity index (χ4n) is 2.41. The molecule has 0 radical (unpaired) electrons. The van der Waals surface area contributed by atoms with E-state index in [1.54, 1.807) is 6.92 Å². The van der Waals surface area contributed by atoms with Crippen molar-refractivity contribution in [1.29, 1.82) is 0 Å². The van der Waals surface area contributed by atoms with E-state index < -0.39 is 12.0 Å². The molecule has 0 aromatic carbocycles. The van der Waals surface area contributed by atoms with Gasteiger partial charge in [-0.25, -0.2) is 0 Å². The van der Waals surface area contributed by atoms with Gasteiger partial charge in [0.25, 0.3) is 0 Å². The molecule has 0 bridgehead atoms. The fraction of sp³-hybridized carbons (Fsp3) is 0.917. The van der Waals surface area contributed by atoms with E-state index in [2.05, 4.69) is 12.2 Å². The molecule has 1 aliphatic carbocycles. The first-order valence-electron chi connectivity index (χ1n) is 6.10. The number of aliphatic carboxylic acids is 1. The Kier molecular flexibility index (Phi) is 5.09. The second-order valence-electron chi connectivity index (χ2n) is 4.77. The maximum atomic E-state index is 10.7. The number of hydrogen-bond donors (Lipinski definition) is 2. The van der Waals surface area contributed by atoms with Gasteiger partial charge in [-0.15, -0.1) is 0 Å². The summed E-state index contributed by atoms with van der Waals surface area (Å²) < 4.78 is 0. The second-order valence-corrected chi connectivity index (χ2v) is 4.77. The van der Waals surface area contributed by atoms with E-state index in [0.717, 1.165) is 0 Å². The van der Waals surface area contributed by atoms with Gasteiger partial charge >= 0.3 is 5.97 Å². The molecule has 0 aliphatic heterocycles. The van der Waals surface area contributed by atoms with Gasteiger partial charge < -0.3 is 10.4 Å². The van der Waals surface area contributed by atoms with Crippen LogP contribution < -0.4 is 5.32 Å². The standard InChI is InChI=1S/C12H23NO2/c1-9(13-10(2)12(14)15)11-7-5-3-4-6-8-11/h9-11,13H,3-8H2,1-2H3,(H,14,15)/t9-,10?/m1/s1. The van der Waals surface area contributed by atoms with Crippen molar-refractivity contribution >= 4 is 5.97 Å². The van der Waals surface area contributed by atoms with Crippen molar-refractivity contribution in [3.05, 3.63) is 0 Å². The third-order valence-electron chi connectivity index (χ3n) is 3.49. The lowest BCUT2D eigenvalue weighted by atomic mass is 9.92. The average Bonchev–Trinajstić information content (AvgIpc) is 2.45. The van der Waals surface area contributed by atoms with E-state index in [1.807, 2.05) is 0 Å². The van der Waals surface area contributed by atoms with Gasteiger partial charge in [0, 0.05) is 6.04 Å². The van der Waals surface area contributed by atoms with E-state index in [0.29, 0.717) is 12.0 Å². The number of carboxylic acids is 1. The van der Waals surface area contributed by atoms with E-state index >= 15 is 0 Å². The highest BCUT2D eigenvalue weighted by Gasteiger charge is 2.22. The first-order valence-corrected chi connectivity index (χ1v) is 6.10. The Morgan fingerprint density at radius 2 is 1.73 bits per heavy atom. The lowest BCUT2D eigenvalue weighted by molar-refractivity contribution is -0.139. The Balaban J connectivity index is 2.37. The van der Waals surface area contributed by atoms with Gasteiger partial charge in [0.15, 0.2) is 0 Å². The van der Waals surface area contributed by atoms with Gasteiger partial charge in [0.05, 0.1) is 0 Å². The van der Waals surface area contributed by atoms with E-state index in [1.165, 1.54) is 38.5 Å². The topological polar surface area (TPSA) is 49.3 Å². The van der Waals surface area contributed by atoms with Gasteiger partial charge in [0.2, 0.25) is 0 Å². The minimum Gasteiger partial charge on any atom is -0.480 e. The summed E-state index contributed by atoms with van der Waals surface area (Å²) in [5.41, 5.74) is 0. The highest BCUT2D eigenvalue weighted by molar-refractivity contribution is 5.72. The Bertz CT molecular complexity index is 198. The largest absolute Gasteiger partial charge is 0.480 e. The Morgan fingerprint density at radius 3 is 2.20 bits per heavy atom. The van der Waals surface area contributed by atoms with Gasteiger partial charge in [-0.05, 0) is 32.6 Å². The molecule has 1 saturated carbocycles. The second kappa shape index (κ2) is 6.11. The smallest absolute Gasteiger partial charge is 0.320 e. The van der Waals surface area contributed by atoms with Crippen LogP contribution in [0.25, 0.3) is 0 Å². The summed E-state index contributed by atoms with van der Waals surface area (Å²) in [6.07, 6.45) is 7.80. The van der Waals surface area contributed by atoms with Crippen LogP contribution in [0.2, 0.25) is 0 Å². The third kappa shape index (κ3) is 4.20. The van der Waals surface area contributed by atoms with Crippen LogP contribution in [0.15, 0.2) is 0 Å². The zero-order valence-corrected chi connectivity index (χ0v) is 9.83. The molecule has 0 heterocycles. The summed E-state index contributed by atoms with van der Waals surface area (Å²) in [7, 11) is 0. The number of hydrogen-bond acceptors (Lipinski definition) is 2. The normalized spacial score (nSPS) is 23.1. The van der Waals surface area contributed by atoms with Crippen molar-refractivity contribution in [3.8, 4) is 0 Å². The van der Waals surface area contributed by atoms with Gasteiger partial charge in [-0.3, -0.25) is 4.79 Å². The average molecular weight is 213 g/mol. The van der Waals surface area contributed by atoms with Crippen LogP contribution in [0.4, 0.5) is 0 Å². The molecule has 2 atom stereocenters. The van der Waals surface area contributed by atoms with E-state index in [4.69, 9.17) is 5.11 Å². The van der Waals surface area contributed by atoms with Gasteiger partial charge in [0.1, 0.15) is 6.04 Å². The third-order valence-corrected chi connectivity index (χ3v) is 3.49. The van der Waals surface area contributed by atoms with Crippen LogP contribution in [0.3, 0.4) is 0 Å². The molecule has 2 N–H and O–H groups in total. The fourth-order valence-corrected chi connectivity index (χ4v) is 2.41. The molecule has 0 amide bonds. The van der Waals surface area contributed by atoms with Gasteiger partial charge in [-0.2, -0.15) is 0 Å². The summed E-state index contributed by atoms with van der Waals surface area (Å²) in [6.45, 7) is 3.84. The van der Waals surface area contributed by atoms with Crippen molar-refractivity contribution in [1.82, 2.24) is 5.32 Å². The molecule has 0 aromatic heterocycles. The zero-order valence-electron chi connectivity index (χ0n) is 9.83. The molecule has 15 heavy (non-hydrogen) atoms. The molecule has 1 fully saturated rings. The Morgan fingerprint density at radius 1 is 1.20 bits per heavy atom. The number of rotatable bonds is 4. The molecular formula is C12H23NO2. The first-order chi connectivity index (χ1) is 7.11. The first kappa shape index (κ1) is 12.5. The van der Waals surface area contributed by atoms with E-state index in [-0.39, 0.29) is 0 Å². The Hall–Kier alpha value is -0.570. The summed E-state index contributed by atoms with van der Waals surface area (Å²) in [4.78, 5) is 10.7. The van der Waals surface area contributed by atoms with E-state index in [9.17, 15) is 4.79 Å². The molecule has 0 saturated heterocycles. The van der Waals surface area contributed by atoms with Crippen LogP contribution in [0.5, 0.6) is 0 Å². The Labute approximate surface area is 92.3 Å². The van der Waals surface area contributed by atoms with Crippen LogP contribution in [-0.2, 0) is 4.79 Å². The maximum Gasteiger partial charge on any atom is 0.320 e. The molecule has 1 unspecified atom stereocenters. The van der Waals surface area contributed by atoms with Crippen molar-refractivity contribution in [2.45, 2.75) is 64.5 Å². The maximum absolute atomic E-state index is 10.7. The minimum absolute atomic E-state index is 0.328. The molecule has 0 aromatic rings. The molecule has 0 spiro atoms. The zero-order chi connectivity index (χ0) is 11.3. The quantitative estimate of drug-likeness (QED) is 0.705. The number of carboxylic acid groups (broad SMARTS) is 1. The molecular weight excluding hydrogens is 190 g/mol. The highest BCUT2D eigenvalue weighted by atomic mass is 16.4. The van der Waals surface area contributed by atoms with Crippen LogP contribution in [0, 0.1) is 5.92 Å². The van der Waals surface area contributed by atoms with Crippen molar-refractivity contribution in [2.75, 3.05) is 0 Å². The van der Waals surface area contributed by atoms with Crippen molar-refractivity contribution in [3.63, 3.8) is 0 Å². The summed E-state index contributed by atoms with van der Waals surface area (Å²) in [6, 6.07) is -0.0996. The lowest BCUT2D eigenvalue weighted by Gasteiger charge is -2.25. The molecule has 88 valence electrons. The molecule has 3 heteroatoms. The predicted molar refractivity (Wildman–Crippen MR) is 60.9 cm³/mol. The minimum atomic E-state index is -0.754. The van der Waals surface area contributed by atoms with Crippen LogP contribution in [0.1, 0.15) is 52.4 Å². The lowest BCUT2D eigenvalue weighted by Crippen LogP contribution is -2.43. The van der Waals surface area contributed by atoms with Crippen LogP contribution in [-0.4, -0.2) is 23.2 Å². The van der Waals surface area contributed by atoms with Crippen LogP contribution >= 0.6 is 0 Å². The number of nitrogens with one attached hydrogen (secondary N) is 1. The summed E-state index contributed by atoms with van der Waals surface area (Å²) in [5, 5.41) is 12.0. The highest BCUT2D eigenvalue weighted by Crippen LogP contribution is 2.25. The SMILES string of the molecule is CC(N[C@H](C)C1CCCCCC1)C(=O)O.